The lowest BCUT2D eigenvalue weighted by molar-refractivity contribution is -0.275. The number of benzene rings is 2. The number of ether oxygens (including phenoxy) is 1. The number of carbonyl (C=O) groups is 1. The Bertz CT molecular complexity index is 1090. The minimum Gasteiger partial charge on any atom is -0.465 e. The fourth-order valence-electron chi connectivity index (χ4n) is 3.32. The van der Waals surface area contributed by atoms with Crippen molar-refractivity contribution < 1.29 is 40.7 Å². The van der Waals surface area contributed by atoms with Crippen molar-refractivity contribution in [2.75, 3.05) is 7.11 Å². The molecule has 0 saturated heterocycles. The van der Waals surface area contributed by atoms with Gasteiger partial charge in [-0.3, -0.25) is 0 Å². The zero-order valence-corrected chi connectivity index (χ0v) is 17.8. The van der Waals surface area contributed by atoms with Crippen LogP contribution in [0.2, 0.25) is 10.0 Å². The van der Waals surface area contributed by atoms with Crippen molar-refractivity contribution in [1.29, 1.82) is 0 Å². The second kappa shape index (κ2) is 8.15. The normalized spacial score (nSPS) is 18.9. The molecule has 0 N–H and O–H groups in total. The van der Waals surface area contributed by atoms with Gasteiger partial charge in [0.05, 0.1) is 34.0 Å². The van der Waals surface area contributed by atoms with Crippen LogP contribution < -0.4 is 0 Å². The first kappa shape index (κ1) is 24.2. The molecule has 1 atom stereocenters. The Labute approximate surface area is 187 Å². The van der Waals surface area contributed by atoms with Crippen molar-refractivity contribution >= 4 is 34.9 Å². The van der Waals surface area contributed by atoms with E-state index in [1.807, 2.05) is 0 Å². The number of rotatable bonds is 3. The van der Waals surface area contributed by atoms with Gasteiger partial charge in [0, 0.05) is 12.0 Å². The van der Waals surface area contributed by atoms with E-state index in [0.29, 0.717) is 17.7 Å². The van der Waals surface area contributed by atoms with Crippen LogP contribution in [0.1, 0.15) is 39.0 Å². The molecule has 0 amide bonds. The van der Waals surface area contributed by atoms with Crippen LogP contribution in [0.4, 0.5) is 26.3 Å². The highest BCUT2D eigenvalue weighted by molar-refractivity contribution is 6.36. The number of nitrogens with zero attached hydrogens (tertiary/aromatic N) is 1. The molecule has 0 aromatic heterocycles. The van der Waals surface area contributed by atoms with Gasteiger partial charge in [-0.05, 0) is 42.3 Å². The van der Waals surface area contributed by atoms with Gasteiger partial charge in [0.2, 0.25) is 0 Å². The number of hydrogen-bond donors (Lipinski definition) is 0. The van der Waals surface area contributed by atoms with Crippen molar-refractivity contribution in [3.8, 4) is 0 Å². The SMILES string of the molecule is COC(=O)c1ccc(C2=NOC(c3cc(Cl)c(C(F)(F)F)c(Cl)c3)(C(F)(F)F)C2)cc1C. The minimum absolute atomic E-state index is 0.131. The summed E-state index contributed by atoms with van der Waals surface area (Å²) in [6.45, 7) is 1.55. The van der Waals surface area contributed by atoms with E-state index in [4.69, 9.17) is 28.0 Å². The molecule has 0 saturated carbocycles. The van der Waals surface area contributed by atoms with Crippen molar-refractivity contribution in [2.45, 2.75) is 31.3 Å². The lowest BCUT2D eigenvalue weighted by Crippen LogP contribution is -2.42. The zero-order chi connectivity index (χ0) is 24.1. The predicted molar refractivity (Wildman–Crippen MR) is 104 cm³/mol. The molecule has 3 rings (SSSR count). The van der Waals surface area contributed by atoms with E-state index in [9.17, 15) is 31.1 Å². The largest absolute Gasteiger partial charge is 0.465 e. The fraction of sp³-hybridized carbons (Fsp3) is 0.300. The van der Waals surface area contributed by atoms with Gasteiger partial charge in [-0.15, -0.1) is 0 Å². The Kier molecular flexibility index (Phi) is 6.16. The molecule has 4 nitrogen and oxygen atoms in total. The van der Waals surface area contributed by atoms with Crippen molar-refractivity contribution in [1.82, 2.24) is 0 Å². The molecular weight excluding hydrogens is 487 g/mol. The number of esters is 1. The monoisotopic (exact) mass is 499 g/mol. The van der Waals surface area contributed by atoms with Gasteiger partial charge in [-0.2, -0.15) is 26.3 Å². The van der Waals surface area contributed by atoms with Crippen LogP contribution in [0.3, 0.4) is 0 Å². The van der Waals surface area contributed by atoms with Gasteiger partial charge in [-0.25, -0.2) is 4.79 Å². The third-order valence-electron chi connectivity index (χ3n) is 4.94. The van der Waals surface area contributed by atoms with Gasteiger partial charge in [-0.1, -0.05) is 34.4 Å². The molecule has 0 fully saturated rings. The summed E-state index contributed by atoms with van der Waals surface area (Å²) >= 11 is 11.3. The average molecular weight is 500 g/mol. The quantitative estimate of drug-likeness (QED) is 0.349. The number of hydrogen-bond acceptors (Lipinski definition) is 4. The van der Waals surface area contributed by atoms with Gasteiger partial charge < -0.3 is 9.57 Å². The standard InChI is InChI=1S/C20H13Cl2F6NO3/c1-9-5-10(3-4-12(9)17(30)31-2)15-8-18(32-29-15,20(26,27)28)11-6-13(21)16(14(22)7-11)19(23,24)25/h3-7H,8H2,1-2H3. The van der Waals surface area contributed by atoms with Crippen molar-refractivity contribution in [2.24, 2.45) is 5.16 Å². The second-order valence-electron chi connectivity index (χ2n) is 6.96. The number of methoxy groups -OCH3 is 1. The van der Waals surface area contributed by atoms with E-state index in [0.717, 1.165) is 0 Å². The van der Waals surface area contributed by atoms with Crippen LogP contribution in [0.15, 0.2) is 35.5 Å². The maximum absolute atomic E-state index is 14.1. The van der Waals surface area contributed by atoms with E-state index < -0.39 is 51.5 Å². The number of oxime groups is 1. The van der Waals surface area contributed by atoms with Crippen LogP contribution in [0.5, 0.6) is 0 Å². The van der Waals surface area contributed by atoms with Crippen LogP contribution in [-0.4, -0.2) is 25.0 Å². The molecule has 1 unspecified atom stereocenters. The third kappa shape index (κ3) is 4.13. The summed E-state index contributed by atoms with van der Waals surface area (Å²) in [7, 11) is 1.18. The van der Waals surface area contributed by atoms with E-state index in [1.54, 1.807) is 6.92 Å². The maximum Gasteiger partial charge on any atom is 0.435 e. The highest BCUT2D eigenvalue weighted by atomic mass is 35.5. The first-order valence-corrected chi connectivity index (χ1v) is 9.54. The Morgan fingerprint density at radius 1 is 1.09 bits per heavy atom. The molecule has 172 valence electrons. The summed E-state index contributed by atoms with van der Waals surface area (Å²) in [6, 6.07) is 5.19. The fourth-order valence-corrected chi connectivity index (χ4v) is 4.02. The van der Waals surface area contributed by atoms with Crippen LogP contribution in [-0.2, 0) is 21.4 Å². The number of halogens is 8. The van der Waals surface area contributed by atoms with Gasteiger partial charge in [0.1, 0.15) is 0 Å². The molecule has 1 aliphatic heterocycles. The molecule has 0 bridgehead atoms. The molecule has 0 radical (unpaired) electrons. The van der Waals surface area contributed by atoms with E-state index in [-0.39, 0.29) is 16.8 Å². The lowest BCUT2D eigenvalue weighted by atomic mass is 9.85. The molecule has 32 heavy (non-hydrogen) atoms. The topological polar surface area (TPSA) is 47.9 Å². The predicted octanol–water partition coefficient (Wildman–Crippen LogP) is 6.69. The number of aryl methyl sites for hydroxylation is 1. The smallest absolute Gasteiger partial charge is 0.435 e. The Morgan fingerprint density at radius 3 is 2.16 bits per heavy atom. The molecule has 2 aromatic rings. The summed E-state index contributed by atoms with van der Waals surface area (Å²) in [5.74, 6) is -0.627. The summed E-state index contributed by atoms with van der Waals surface area (Å²) in [6.07, 6.45) is -10.9. The second-order valence-corrected chi connectivity index (χ2v) is 7.78. The van der Waals surface area contributed by atoms with E-state index in [2.05, 4.69) is 9.89 Å². The molecule has 1 aliphatic rings. The van der Waals surface area contributed by atoms with Crippen LogP contribution in [0, 0.1) is 6.92 Å². The highest BCUT2D eigenvalue weighted by Gasteiger charge is 2.62. The van der Waals surface area contributed by atoms with E-state index in [1.165, 1.54) is 25.3 Å². The van der Waals surface area contributed by atoms with Gasteiger partial charge >= 0.3 is 18.3 Å². The molecular formula is C20H13Cl2F6NO3. The minimum atomic E-state index is -5.08. The zero-order valence-electron chi connectivity index (χ0n) is 16.3. The summed E-state index contributed by atoms with van der Waals surface area (Å²) in [5.41, 5.74) is -4.56. The number of alkyl halides is 6. The average Bonchev–Trinajstić information content (AvgIpc) is 3.12. The molecule has 0 aliphatic carbocycles. The molecule has 2 aromatic carbocycles. The van der Waals surface area contributed by atoms with Crippen molar-refractivity contribution in [3.05, 3.63) is 68.2 Å². The lowest BCUT2D eigenvalue weighted by Gasteiger charge is -2.30. The first-order valence-electron chi connectivity index (χ1n) is 8.79. The van der Waals surface area contributed by atoms with Crippen molar-refractivity contribution in [3.63, 3.8) is 0 Å². The van der Waals surface area contributed by atoms with Gasteiger partial charge in [0.25, 0.3) is 5.60 Å². The first-order chi connectivity index (χ1) is 14.7. The Hall–Kier alpha value is -2.46. The summed E-state index contributed by atoms with van der Waals surface area (Å²) in [4.78, 5) is 16.5. The third-order valence-corrected chi connectivity index (χ3v) is 5.54. The summed E-state index contributed by atoms with van der Waals surface area (Å²) in [5, 5.41) is 1.54. The molecule has 0 spiro atoms. The summed E-state index contributed by atoms with van der Waals surface area (Å²) < 4.78 is 86.3. The number of carbonyl (C=O) groups excluding carboxylic acids is 1. The molecule has 12 heteroatoms. The highest BCUT2D eigenvalue weighted by Crippen LogP contribution is 2.51. The van der Waals surface area contributed by atoms with Crippen LogP contribution in [0.25, 0.3) is 0 Å². The molecule has 1 heterocycles. The van der Waals surface area contributed by atoms with Crippen LogP contribution >= 0.6 is 23.2 Å². The Morgan fingerprint density at radius 2 is 1.69 bits per heavy atom. The maximum atomic E-state index is 14.1. The Balaban J connectivity index is 2.04. The van der Waals surface area contributed by atoms with Gasteiger partial charge in [0.15, 0.2) is 0 Å². The van der Waals surface area contributed by atoms with E-state index >= 15 is 0 Å².